The summed E-state index contributed by atoms with van der Waals surface area (Å²) in [6, 6.07) is 4.95. The number of aliphatic hydroxyl groups excluding tert-OH is 1. The maximum atomic E-state index is 9.18. The topological polar surface area (TPSA) is 42.4 Å². The fraction of sp³-hybridized carbons (Fsp3) is 0.154. The van der Waals surface area contributed by atoms with E-state index in [1.165, 1.54) is 13.3 Å². The number of benzene rings is 1. The normalized spacial score (nSPS) is 10.6. The molecule has 0 aliphatic rings. The molecule has 100 valence electrons. The second-order valence-corrected chi connectivity index (χ2v) is 5.03. The lowest BCUT2D eigenvalue weighted by Gasteiger charge is -2.11. The standard InChI is InChI=1S/C13H10Cl3NO2/c1-19-13-9(2-7(6-18)5-17-13)8-3-11(15)12(16)4-10(8)14/h2-5,18H,6H2,1H3. The number of rotatable bonds is 3. The summed E-state index contributed by atoms with van der Waals surface area (Å²) in [4.78, 5) is 4.12. The third kappa shape index (κ3) is 2.95. The van der Waals surface area contributed by atoms with E-state index in [9.17, 15) is 5.11 Å². The quantitative estimate of drug-likeness (QED) is 0.862. The van der Waals surface area contributed by atoms with Gasteiger partial charge in [-0.2, -0.15) is 0 Å². The summed E-state index contributed by atoms with van der Waals surface area (Å²) in [5.74, 6) is 0.400. The van der Waals surface area contributed by atoms with E-state index in [-0.39, 0.29) is 6.61 Å². The lowest BCUT2D eigenvalue weighted by atomic mass is 10.1. The van der Waals surface area contributed by atoms with Crippen molar-refractivity contribution in [1.29, 1.82) is 0 Å². The molecule has 2 aromatic rings. The van der Waals surface area contributed by atoms with E-state index in [2.05, 4.69) is 4.98 Å². The number of aliphatic hydroxyl groups is 1. The van der Waals surface area contributed by atoms with Crippen LogP contribution in [0.1, 0.15) is 5.56 Å². The smallest absolute Gasteiger partial charge is 0.221 e. The summed E-state index contributed by atoms with van der Waals surface area (Å²) in [5, 5.41) is 10.4. The summed E-state index contributed by atoms with van der Waals surface area (Å²) in [5.41, 5.74) is 1.95. The molecule has 0 amide bonds. The number of hydrogen-bond donors (Lipinski definition) is 1. The van der Waals surface area contributed by atoms with Gasteiger partial charge in [0, 0.05) is 17.3 Å². The van der Waals surface area contributed by atoms with Crippen LogP contribution in [0.15, 0.2) is 24.4 Å². The maximum absolute atomic E-state index is 9.18. The van der Waals surface area contributed by atoms with Gasteiger partial charge in [0.15, 0.2) is 0 Å². The van der Waals surface area contributed by atoms with Crippen LogP contribution in [0, 0.1) is 0 Å². The van der Waals surface area contributed by atoms with E-state index in [4.69, 9.17) is 39.5 Å². The van der Waals surface area contributed by atoms with Crippen molar-refractivity contribution in [2.45, 2.75) is 6.61 Å². The largest absolute Gasteiger partial charge is 0.481 e. The minimum Gasteiger partial charge on any atom is -0.481 e. The fourth-order valence-electron chi connectivity index (χ4n) is 1.67. The average molecular weight is 319 g/mol. The van der Waals surface area contributed by atoms with Crippen molar-refractivity contribution in [2.24, 2.45) is 0 Å². The first kappa shape index (κ1) is 14.4. The van der Waals surface area contributed by atoms with Gasteiger partial charge in [-0.05, 0) is 23.8 Å². The Balaban J connectivity index is 2.66. The minimum absolute atomic E-state index is 0.122. The Morgan fingerprint density at radius 3 is 2.37 bits per heavy atom. The van der Waals surface area contributed by atoms with Crippen molar-refractivity contribution in [1.82, 2.24) is 4.98 Å². The molecule has 1 aromatic carbocycles. The summed E-state index contributed by atoms with van der Waals surface area (Å²) in [6.07, 6.45) is 1.54. The van der Waals surface area contributed by atoms with Crippen molar-refractivity contribution < 1.29 is 9.84 Å². The molecule has 3 nitrogen and oxygen atoms in total. The molecule has 1 N–H and O–H groups in total. The molecule has 0 saturated carbocycles. The molecule has 2 rings (SSSR count). The second-order valence-electron chi connectivity index (χ2n) is 3.80. The Bertz CT molecular complexity index is 617. The van der Waals surface area contributed by atoms with E-state index in [0.717, 1.165) is 0 Å². The third-order valence-electron chi connectivity index (χ3n) is 2.58. The van der Waals surface area contributed by atoms with Crippen molar-refractivity contribution >= 4 is 34.8 Å². The molecule has 6 heteroatoms. The first-order valence-corrected chi connectivity index (χ1v) is 6.49. The van der Waals surface area contributed by atoms with Crippen LogP contribution in [0.5, 0.6) is 5.88 Å². The highest BCUT2D eigenvalue weighted by atomic mass is 35.5. The molecule has 19 heavy (non-hydrogen) atoms. The summed E-state index contributed by atoms with van der Waals surface area (Å²) >= 11 is 18.1. The number of halogens is 3. The highest BCUT2D eigenvalue weighted by molar-refractivity contribution is 6.44. The van der Waals surface area contributed by atoms with Gasteiger partial charge in [0.05, 0.1) is 28.8 Å². The lowest BCUT2D eigenvalue weighted by Crippen LogP contribution is -1.95. The molecule has 1 aromatic heterocycles. The molecule has 0 fully saturated rings. The highest BCUT2D eigenvalue weighted by Gasteiger charge is 2.14. The van der Waals surface area contributed by atoms with Gasteiger partial charge in [-0.3, -0.25) is 0 Å². The lowest BCUT2D eigenvalue weighted by molar-refractivity contribution is 0.281. The van der Waals surface area contributed by atoms with Crippen molar-refractivity contribution in [3.8, 4) is 17.0 Å². The Morgan fingerprint density at radius 1 is 1.05 bits per heavy atom. The fourth-order valence-corrected chi connectivity index (χ4v) is 2.32. The van der Waals surface area contributed by atoms with Crippen molar-refractivity contribution in [3.05, 3.63) is 45.0 Å². The van der Waals surface area contributed by atoms with Crippen molar-refractivity contribution in [3.63, 3.8) is 0 Å². The minimum atomic E-state index is -0.122. The number of methoxy groups -OCH3 is 1. The molecular weight excluding hydrogens is 309 g/mol. The van der Waals surface area contributed by atoms with Crippen LogP contribution in [0.3, 0.4) is 0 Å². The molecule has 0 saturated heterocycles. The molecule has 0 aliphatic heterocycles. The molecular formula is C13H10Cl3NO2. The van der Waals surface area contributed by atoms with Gasteiger partial charge in [-0.1, -0.05) is 34.8 Å². The van der Waals surface area contributed by atoms with Crippen LogP contribution in [-0.2, 0) is 6.61 Å². The van der Waals surface area contributed by atoms with Crippen LogP contribution in [0.2, 0.25) is 15.1 Å². The predicted molar refractivity (Wildman–Crippen MR) is 77.2 cm³/mol. The van der Waals surface area contributed by atoms with Crippen LogP contribution in [0.25, 0.3) is 11.1 Å². The highest BCUT2D eigenvalue weighted by Crippen LogP contribution is 2.38. The Hall–Kier alpha value is -1.000. The summed E-state index contributed by atoms with van der Waals surface area (Å²) < 4.78 is 5.20. The SMILES string of the molecule is COc1ncc(CO)cc1-c1cc(Cl)c(Cl)cc1Cl. The summed E-state index contributed by atoms with van der Waals surface area (Å²) in [6.45, 7) is -0.122. The Morgan fingerprint density at radius 2 is 1.74 bits per heavy atom. The molecule has 0 aliphatic carbocycles. The average Bonchev–Trinajstić information content (AvgIpc) is 2.42. The molecule has 0 bridgehead atoms. The van der Waals surface area contributed by atoms with E-state index in [0.29, 0.717) is 37.6 Å². The van der Waals surface area contributed by atoms with Gasteiger partial charge in [-0.15, -0.1) is 0 Å². The molecule has 0 unspecified atom stereocenters. The first-order valence-electron chi connectivity index (χ1n) is 5.35. The second kappa shape index (κ2) is 5.97. The zero-order valence-corrected chi connectivity index (χ0v) is 12.2. The number of hydrogen-bond acceptors (Lipinski definition) is 3. The van der Waals surface area contributed by atoms with Gasteiger partial charge in [0.2, 0.25) is 5.88 Å². The van der Waals surface area contributed by atoms with Gasteiger partial charge >= 0.3 is 0 Å². The van der Waals surface area contributed by atoms with Gasteiger partial charge in [0.1, 0.15) is 0 Å². The molecule has 1 heterocycles. The predicted octanol–water partition coefficient (Wildman–Crippen LogP) is 4.21. The van der Waals surface area contributed by atoms with Crippen LogP contribution in [0.4, 0.5) is 0 Å². The number of nitrogens with zero attached hydrogens (tertiary/aromatic N) is 1. The van der Waals surface area contributed by atoms with Crippen LogP contribution < -0.4 is 4.74 Å². The zero-order chi connectivity index (χ0) is 14.0. The van der Waals surface area contributed by atoms with Gasteiger partial charge in [0.25, 0.3) is 0 Å². The Labute approximate surface area is 125 Å². The van der Waals surface area contributed by atoms with Gasteiger partial charge < -0.3 is 9.84 Å². The van der Waals surface area contributed by atoms with Gasteiger partial charge in [-0.25, -0.2) is 4.98 Å². The van der Waals surface area contributed by atoms with E-state index in [1.807, 2.05) is 0 Å². The first-order chi connectivity index (χ1) is 9.06. The van der Waals surface area contributed by atoms with Crippen molar-refractivity contribution in [2.75, 3.05) is 7.11 Å². The molecule has 0 atom stereocenters. The Kier molecular flexibility index (Phi) is 4.53. The number of pyridine rings is 1. The maximum Gasteiger partial charge on any atom is 0.221 e. The molecule has 0 spiro atoms. The van der Waals surface area contributed by atoms with E-state index in [1.54, 1.807) is 18.2 Å². The number of aromatic nitrogens is 1. The van der Waals surface area contributed by atoms with E-state index < -0.39 is 0 Å². The van der Waals surface area contributed by atoms with Crippen LogP contribution in [-0.4, -0.2) is 17.2 Å². The third-order valence-corrected chi connectivity index (χ3v) is 3.62. The summed E-state index contributed by atoms with van der Waals surface area (Å²) in [7, 11) is 1.51. The molecule has 0 radical (unpaired) electrons. The monoisotopic (exact) mass is 317 g/mol. The number of ether oxygens (including phenoxy) is 1. The zero-order valence-electron chi connectivity index (χ0n) is 9.95. The van der Waals surface area contributed by atoms with E-state index >= 15 is 0 Å². The van der Waals surface area contributed by atoms with Crippen LogP contribution >= 0.6 is 34.8 Å².